The number of hydrogen-bond acceptors (Lipinski definition) is 7. The number of anilines is 3. The van der Waals surface area contributed by atoms with Gasteiger partial charge in [0.25, 0.3) is 0 Å². The molecular weight excluding hydrogens is 540 g/mol. The van der Waals surface area contributed by atoms with E-state index >= 15 is 0 Å². The van der Waals surface area contributed by atoms with Crippen LogP contribution in [0.5, 0.6) is 5.75 Å². The fourth-order valence-electron chi connectivity index (χ4n) is 5.33. The van der Waals surface area contributed by atoms with Crippen molar-refractivity contribution in [3.05, 3.63) is 71.3 Å². The lowest BCUT2D eigenvalue weighted by Crippen LogP contribution is -2.49. The third kappa shape index (κ3) is 7.84. The first-order valence-electron chi connectivity index (χ1n) is 14.3. The molecule has 2 aliphatic heterocycles. The highest BCUT2D eigenvalue weighted by atomic mass is 32.2. The summed E-state index contributed by atoms with van der Waals surface area (Å²) in [5.41, 5.74) is 10.4. The number of aromatic hydroxyl groups is 1. The van der Waals surface area contributed by atoms with E-state index in [1.54, 1.807) is 12.1 Å². The van der Waals surface area contributed by atoms with Crippen molar-refractivity contribution >= 4 is 28.8 Å². The molecule has 4 N–H and O–H groups in total. The fourth-order valence-corrected chi connectivity index (χ4v) is 6.31. The van der Waals surface area contributed by atoms with Crippen LogP contribution in [0, 0.1) is 18.6 Å². The van der Waals surface area contributed by atoms with Crippen molar-refractivity contribution in [2.45, 2.75) is 33.4 Å². The molecule has 0 radical (unpaired) electrons. The van der Waals surface area contributed by atoms with E-state index in [4.69, 9.17) is 5.73 Å². The Morgan fingerprint density at radius 3 is 2.20 bits per heavy atom. The Morgan fingerprint density at radius 2 is 1.61 bits per heavy atom. The van der Waals surface area contributed by atoms with E-state index in [1.165, 1.54) is 48.2 Å². The van der Waals surface area contributed by atoms with Crippen LogP contribution in [0.15, 0.2) is 48.5 Å². The summed E-state index contributed by atoms with van der Waals surface area (Å²) in [7, 11) is 1.97. The summed E-state index contributed by atoms with van der Waals surface area (Å²) in [6.45, 7) is 13.3. The summed E-state index contributed by atoms with van der Waals surface area (Å²) >= 11 is 1.85. The molecule has 0 amide bonds. The molecule has 0 atom stereocenters. The predicted octanol–water partition coefficient (Wildman–Crippen LogP) is 6.04. The van der Waals surface area contributed by atoms with Gasteiger partial charge >= 0.3 is 0 Å². The molecular formula is C32H43F2N5OS. The van der Waals surface area contributed by atoms with Crippen molar-refractivity contribution in [2.24, 2.45) is 0 Å². The van der Waals surface area contributed by atoms with Crippen LogP contribution >= 0.6 is 11.8 Å². The maximum Gasteiger partial charge on any atom is 0.146 e. The summed E-state index contributed by atoms with van der Waals surface area (Å²) in [6, 6.07) is 14.6. The van der Waals surface area contributed by atoms with Gasteiger partial charge in [0.1, 0.15) is 17.4 Å². The first kappa shape index (κ1) is 30.9. The molecule has 2 saturated heterocycles. The Morgan fingerprint density at radius 1 is 0.951 bits per heavy atom. The van der Waals surface area contributed by atoms with Crippen molar-refractivity contribution in [1.29, 1.82) is 0 Å². The molecule has 0 bridgehead atoms. The smallest absolute Gasteiger partial charge is 0.146 e. The average Bonchev–Trinajstić information content (AvgIpc) is 2.97. The second kappa shape index (κ2) is 14.2. The van der Waals surface area contributed by atoms with Crippen LogP contribution in [-0.4, -0.2) is 78.8 Å². The van der Waals surface area contributed by atoms with Gasteiger partial charge in [-0.25, -0.2) is 8.78 Å². The Labute approximate surface area is 247 Å². The van der Waals surface area contributed by atoms with Gasteiger partial charge < -0.3 is 21.1 Å². The minimum absolute atomic E-state index is 0.0732. The molecule has 0 aromatic heterocycles. The SMILES string of the molecule is CNc1ccc(N2CCN(C(C)C)CC2)c(C)c1.Nc1cccc(-c2cc(F)c(CN3CCSCC3)c(F)c2)c1O. The maximum atomic E-state index is 14.4. The number of nitrogens with two attached hydrogens (primary N) is 1. The molecule has 5 rings (SSSR count). The molecule has 3 aromatic carbocycles. The van der Waals surface area contributed by atoms with Crippen LogP contribution in [0.3, 0.4) is 0 Å². The Kier molecular flexibility index (Phi) is 10.8. The van der Waals surface area contributed by atoms with E-state index in [0.29, 0.717) is 11.6 Å². The summed E-state index contributed by atoms with van der Waals surface area (Å²) < 4.78 is 28.8. The second-order valence-electron chi connectivity index (χ2n) is 10.9. The Balaban J connectivity index is 0.000000195. The molecule has 0 saturated carbocycles. The third-order valence-electron chi connectivity index (χ3n) is 7.88. The van der Waals surface area contributed by atoms with Gasteiger partial charge in [-0.3, -0.25) is 9.80 Å². The predicted molar refractivity (Wildman–Crippen MR) is 170 cm³/mol. The first-order valence-corrected chi connectivity index (χ1v) is 15.5. The highest BCUT2D eigenvalue weighted by Crippen LogP contribution is 2.35. The monoisotopic (exact) mass is 583 g/mol. The van der Waals surface area contributed by atoms with Crippen LogP contribution < -0.4 is 16.0 Å². The number of halogens is 2. The number of aryl methyl sites for hydroxylation is 1. The molecule has 0 unspecified atom stereocenters. The summed E-state index contributed by atoms with van der Waals surface area (Å²) in [6.07, 6.45) is 0. The lowest BCUT2D eigenvalue weighted by atomic mass is 10.0. The maximum absolute atomic E-state index is 14.4. The van der Waals surface area contributed by atoms with Crippen molar-refractivity contribution in [1.82, 2.24) is 9.80 Å². The molecule has 9 heteroatoms. The van der Waals surface area contributed by atoms with Gasteiger partial charge in [-0.2, -0.15) is 11.8 Å². The van der Waals surface area contributed by atoms with E-state index in [-0.39, 0.29) is 29.1 Å². The molecule has 0 spiro atoms. The minimum Gasteiger partial charge on any atom is -0.505 e. The molecule has 2 aliphatic rings. The van der Waals surface area contributed by atoms with E-state index in [0.717, 1.165) is 37.7 Å². The van der Waals surface area contributed by atoms with Crippen molar-refractivity contribution in [3.8, 4) is 16.9 Å². The first-order chi connectivity index (χ1) is 19.7. The minimum atomic E-state index is -0.597. The zero-order chi connectivity index (χ0) is 29.5. The van der Waals surface area contributed by atoms with Crippen LogP contribution in [0.25, 0.3) is 11.1 Å². The second-order valence-corrected chi connectivity index (χ2v) is 12.1. The van der Waals surface area contributed by atoms with E-state index in [9.17, 15) is 13.9 Å². The number of phenols is 1. The van der Waals surface area contributed by atoms with Crippen LogP contribution in [0.2, 0.25) is 0 Å². The molecule has 6 nitrogen and oxygen atoms in total. The van der Waals surface area contributed by atoms with Crippen molar-refractivity contribution < 1.29 is 13.9 Å². The molecule has 41 heavy (non-hydrogen) atoms. The van der Waals surface area contributed by atoms with E-state index in [2.05, 4.69) is 59.0 Å². The Hall–Kier alpha value is -3.01. The van der Waals surface area contributed by atoms with E-state index in [1.807, 2.05) is 18.8 Å². The quantitative estimate of drug-likeness (QED) is 0.242. The Bertz CT molecular complexity index is 1280. The number of thioether (sulfide) groups is 1. The van der Waals surface area contributed by atoms with Crippen molar-refractivity contribution in [3.63, 3.8) is 0 Å². The summed E-state index contributed by atoms with van der Waals surface area (Å²) in [5.74, 6) is 0.615. The largest absolute Gasteiger partial charge is 0.505 e. The molecule has 0 aliphatic carbocycles. The zero-order valence-corrected chi connectivity index (χ0v) is 25.4. The number of nitrogens with one attached hydrogen (secondary N) is 1. The number of benzene rings is 3. The molecule has 2 heterocycles. The lowest BCUT2D eigenvalue weighted by Gasteiger charge is -2.38. The molecule has 2 fully saturated rings. The summed E-state index contributed by atoms with van der Waals surface area (Å²) in [5, 5.41) is 13.2. The van der Waals surface area contributed by atoms with Gasteiger partial charge in [0.15, 0.2) is 0 Å². The van der Waals surface area contributed by atoms with Gasteiger partial charge in [-0.1, -0.05) is 12.1 Å². The number of nitrogens with zero attached hydrogens (tertiary/aromatic N) is 3. The van der Waals surface area contributed by atoms with Gasteiger partial charge in [0, 0.05) is 92.9 Å². The van der Waals surface area contributed by atoms with Gasteiger partial charge in [0.05, 0.1) is 5.69 Å². The number of para-hydroxylation sites is 1. The number of nitrogen functional groups attached to an aromatic ring is 1. The zero-order valence-electron chi connectivity index (χ0n) is 24.6. The third-order valence-corrected chi connectivity index (χ3v) is 8.82. The number of hydrogen-bond donors (Lipinski definition) is 3. The number of rotatable bonds is 6. The highest BCUT2D eigenvalue weighted by molar-refractivity contribution is 7.99. The molecule has 222 valence electrons. The van der Waals surface area contributed by atoms with Gasteiger partial charge in [-0.05, 0) is 68.3 Å². The standard InChI is InChI=1S/C17H18F2N2OS.C15H25N3/c18-14-8-11(12-2-1-3-16(20)17(12)22)9-15(19)13(14)10-21-4-6-23-7-5-21;1-12(2)17-7-9-18(10-8-17)15-6-5-14(16-4)11-13(15)3/h1-3,8-9,22H,4-7,10,20H2;5-6,11-12,16H,7-10H2,1-4H3. The normalized spacial score (nSPS) is 16.4. The lowest BCUT2D eigenvalue weighted by molar-refractivity contribution is 0.209. The summed E-state index contributed by atoms with van der Waals surface area (Å²) in [4.78, 5) is 7.11. The molecule has 3 aromatic rings. The fraction of sp³-hybridized carbons (Fsp3) is 0.438. The van der Waals surface area contributed by atoms with Crippen LogP contribution in [-0.2, 0) is 6.54 Å². The highest BCUT2D eigenvalue weighted by Gasteiger charge is 2.21. The number of phenolic OH excluding ortho intramolecular Hbond substituents is 1. The average molecular weight is 584 g/mol. The van der Waals surface area contributed by atoms with Crippen LogP contribution in [0.1, 0.15) is 25.0 Å². The van der Waals surface area contributed by atoms with Crippen LogP contribution in [0.4, 0.5) is 25.8 Å². The number of piperazine rings is 1. The topological polar surface area (TPSA) is 68.0 Å². The van der Waals surface area contributed by atoms with Gasteiger partial charge in [0.2, 0.25) is 0 Å². The van der Waals surface area contributed by atoms with Gasteiger partial charge in [-0.15, -0.1) is 0 Å². The van der Waals surface area contributed by atoms with Crippen molar-refractivity contribution in [2.75, 3.05) is 73.8 Å². The van der Waals surface area contributed by atoms with E-state index < -0.39 is 11.6 Å².